The third-order valence-corrected chi connectivity index (χ3v) is 20.3. The Kier molecular flexibility index (Phi) is 19.0. The number of anilines is 1. The Morgan fingerprint density at radius 3 is 2.19 bits per heavy atom. The number of hydrogen-bond donors (Lipinski definition) is 8. The molecule has 1 aromatic heterocycles. The summed E-state index contributed by atoms with van der Waals surface area (Å²) in [7, 11) is -15.7. The molecule has 0 bridgehead atoms. The molecule has 2 amide bonds. The minimum atomic E-state index is -5.88. The van der Waals surface area contributed by atoms with Gasteiger partial charge in [-0.2, -0.15) is 8.62 Å². The number of hydrogen-bond acceptors (Lipinski definition) is 15. The normalized spacial score (nSPS) is 21.1. The molecule has 0 aliphatic carbocycles. The van der Waals surface area contributed by atoms with Gasteiger partial charge in [0.25, 0.3) is 11.5 Å². The smallest absolute Gasteiger partial charge is 0.456 e. The second-order valence-electron chi connectivity index (χ2n) is 21.4. The molecule has 24 nitrogen and oxygen atoms in total. The standard InChI is InChI=1S/C53H61Cl4N6O18P3/c1-10-62-33-20-35-31(18-29(33)26(3)22-52(62,5)6)39(32-19-30-27(4)23-53(7,8)63(11-2)34(30)21-36(32)78-35)40-41(43(55)45(57)44(56)42(40)54)49(68)60(9)17-13-15-38(64)58-16-12-14-28-24-61(51(69)59-48(28)67)50-47(66)46(65)37(79-50)25-77-83(73,74)81-84(75,76)80-82(70,71)72/h12,14,18-24,37,46-47,50,65-66H,10-11,13,15-17,25H2,1-9H3,(H5-,58,59,64,67,69,70,71,72,73,74,75,76)/p+1/b14-12+/t37-,46-,47-,50-/m1/s1. The number of phosphoric acid groups is 3. The molecule has 1 saturated heterocycles. The largest absolute Gasteiger partial charge is 0.490 e. The molecule has 6 atom stereocenters. The highest BCUT2D eigenvalue weighted by atomic mass is 35.5. The number of phosphoric ester groups is 1. The summed E-state index contributed by atoms with van der Waals surface area (Å²) in [6.07, 6.45) is 0.647. The van der Waals surface area contributed by atoms with Crippen molar-refractivity contribution in [3.05, 3.63) is 134 Å². The predicted octanol–water partition coefficient (Wildman–Crippen LogP) is 6.88. The minimum absolute atomic E-state index is 0.0158. The summed E-state index contributed by atoms with van der Waals surface area (Å²) in [5.74, 6) is 0.0124. The third kappa shape index (κ3) is 13.2. The number of benzene rings is 3. The third-order valence-electron chi connectivity index (χ3n) is 14.7. The molecule has 4 aromatic rings. The zero-order valence-corrected chi connectivity index (χ0v) is 52.4. The fourth-order valence-corrected chi connectivity index (χ4v) is 15.2. The minimum Gasteiger partial charge on any atom is -0.456 e. The Morgan fingerprint density at radius 2 is 1.54 bits per heavy atom. The zero-order chi connectivity index (χ0) is 62.1. The average molecular weight is 1310 g/mol. The van der Waals surface area contributed by atoms with E-state index in [1.165, 1.54) is 17.1 Å². The van der Waals surface area contributed by atoms with Gasteiger partial charge in [0.05, 0.1) is 49.4 Å². The maximum absolute atomic E-state index is 15.1. The van der Waals surface area contributed by atoms with Crippen molar-refractivity contribution in [2.45, 2.75) is 104 Å². The first-order valence-corrected chi connectivity index (χ1v) is 32.1. The van der Waals surface area contributed by atoms with E-state index >= 15 is 4.79 Å². The summed E-state index contributed by atoms with van der Waals surface area (Å²) >= 11 is 28.2. The molecule has 0 radical (unpaired) electrons. The lowest BCUT2D eigenvalue weighted by Crippen LogP contribution is -2.49. The number of H-pyrrole nitrogens is 1. The molecule has 8 rings (SSSR count). The molecule has 4 aliphatic heterocycles. The molecule has 84 heavy (non-hydrogen) atoms. The molecule has 1 fully saturated rings. The molecule has 2 unspecified atom stereocenters. The van der Waals surface area contributed by atoms with Gasteiger partial charge in [0.2, 0.25) is 11.3 Å². The fourth-order valence-electron chi connectivity index (χ4n) is 11.1. The number of amides is 2. The first kappa shape index (κ1) is 65.2. The van der Waals surface area contributed by atoms with Crippen LogP contribution in [0.15, 0.2) is 58.3 Å². The number of allylic oxidation sites excluding steroid dienone is 2. The summed E-state index contributed by atoms with van der Waals surface area (Å²) < 4.78 is 62.0. The topological polar surface area (TPSA) is 329 Å². The van der Waals surface area contributed by atoms with Gasteiger partial charge in [-0.1, -0.05) is 64.6 Å². The van der Waals surface area contributed by atoms with Crippen LogP contribution in [0.4, 0.5) is 5.69 Å². The fraction of sp³-hybridized carbons (Fsp3) is 0.415. The van der Waals surface area contributed by atoms with E-state index < -0.39 is 77.7 Å². The number of carbonyl (C=O) groups excluding carboxylic acids is 2. The highest BCUT2D eigenvalue weighted by Gasteiger charge is 2.47. The lowest BCUT2D eigenvalue weighted by atomic mass is 9.83. The first-order chi connectivity index (χ1) is 39.0. The van der Waals surface area contributed by atoms with Crippen molar-refractivity contribution in [2.24, 2.45) is 0 Å². The lowest BCUT2D eigenvalue weighted by molar-refractivity contribution is -0.121. The number of aliphatic hydroxyl groups is 2. The number of halogens is 4. The first-order valence-electron chi connectivity index (χ1n) is 26.1. The van der Waals surface area contributed by atoms with Gasteiger partial charge < -0.3 is 54.4 Å². The second kappa shape index (κ2) is 24.4. The van der Waals surface area contributed by atoms with Gasteiger partial charge in [0.15, 0.2) is 11.8 Å². The second-order valence-corrected chi connectivity index (χ2v) is 27.3. The molecule has 454 valence electrons. The van der Waals surface area contributed by atoms with Crippen molar-refractivity contribution in [3.63, 3.8) is 0 Å². The van der Waals surface area contributed by atoms with Crippen LogP contribution in [-0.4, -0.2) is 125 Å². The van der Waals surface area contributed by atoms with E-state index in [1.807, 2.05) is 29.2 Å². The van der Waals surface area contributed by atoms with E-state index in [-0.39, 0.29) is 73.8 Å². The lowest BCUT2D eigenvalue weighted by Gasteiger charge is -2.43. The van der Waals surface area contributed by atoms with Crippen molar-refractivity contribution >= 4 is 110 Å². The SMILES string of the molecule is CCN1c2cc3c(cc2C(C)=CC1(C)C)C(c1c(Cl)c(Cl)c(Cl)c(Cl)c1C(=O)N(C)CCCC(=O)NC/C=C/c1cn([C@@H]2O[C@H](COP(=O)(O)OP(=O)(O)OP(=O)(O)O)[C@@H](O)[C@H]2O)c(=O)[nH]c1=O)=c1cc2c(cc1O3)=[N+](CC)C(C)(C)C=C2C. The van der Waals surface area contributed by atoms with Crippen molar-refractivity contribution < 1.29 is 75.7 Å². The van der Waals surface area contributed by atoms with Crippen LogP contribution in [0.2, 0.25) is 20.1 Å². The molecule has 8 N–H and O–H groups in total. The Hall–Kier alpha value is -4.78. The number of likely N-dealkylation sites (N-methyl/N-ethyl adjacent to an activating group) is 2. The maximum Gasteiger partial charge on any atom is 0.490 e. The average Bonchev–Trinajstić information content (AvgIpc) is 3.34. The van der Waals surface area contributed by atoms with E-state index in [0.717, 1.165) is 39.5 Å². The Bertz CT molecular complexity index is 3920. The maximum atomic E-state index is 15.1. The van der Waals surface area contributed by atoms with Gasteiger partial charge in [-0.25, -0.2) is 23.1 Å². The van der Waals surface area contributed by atoms with E-state index in [9.17, 15) is 48.1 Å². The number of carbonyl (C=O) groups is 2. The van der Waals surface area contributed by atoms with Crippen LogP contribution in [0.25, 0.3) is 22.8 Å². The summed E-state index contributed by atoms with van der Waals surface area (Å²) in [5, 5.41) is 25.2. The van der Waals surface area contributed by atoms with E-state index in [2.05, 4.69) is 95.5 Å². The number of aromatic amines is 1. The number of rotatable bonds is 19. The molecule has 3 aromatic carbocycles. The van der Waals surface area contributed by atoms with Gasteiger partial charge in [-0.05, 0) is 77.3 Å². The number of aliphatic hydroxyl groups excluding tert-OH is 2. The molecule has 5 heterocycles. The van der Waals surface area contributed by atoms with Crippen LogP contribution in [0.5, 0.6) is 11.5 Å². The zero-order valence-electron chi connectivity index (χ0n) is 46.7. The monoisotopic (exact) mass is 1300 g/mol. The molecule has 4 aliphatic rings. The predicted molar refractivity (Wildman–Crippen MR) is 316 cm³/mol. The highest BCUT2D eigenvalue weighted by Crippen LogP contribution is 2.66. The Labute approximate surface area is 501 Å². The molecule has 31 heteroatoms. The van der Waals surface area contributed by atoms with Crippen LogP contribution in [-0.2, 0) is 36.4 Å². The van der Waals surface area contributed by atoms with Gasteiger partial charge in [0.1, 0.15) is 36.4 Å². The van der Waals surface area contributed by atoms with Crippen molar-refractivity contribution in [3.8, 4) is 11.5 Å². The molecular weight excluding hydrogens is 1240 g/mol. The number of nitrogens with zero attached hydrogens (tertiary/aromatic N) is 4. The van der Waals surface area contributed by atoms with Gasteiger partial charge in [-0.3, -0.25) is 28.5 Å². The molecule has 0 saturated carbocycles. The van der Waals surface area contributed by atoms with Gasteiger partial charge >= 0.3 is 29.2 Å². The summed E-state index contributed by atoms with van der Waals surface area (Å²) in [6.45, 7) is 17.1. The number of ether oxygens (including phenoxy) is 2. The molecular formula is C53H62Cl4N6O18P3+. The van der Waals surface area contributed by atoms with Crippen LogP contribution >= 0.6 is 69.9 Å². The van der Waals surface area contributed by atoms with Crippen molar-refractivity contribution in [1.82, 2.24) is 24.3 Å². The van der Waals surface area contributed by atoms with Crippen LogP contribution in [0.3, 0.4) is 0 Å². The Balaban J connectivity index is 1.01. The van der Waals surface area contributed by atoms with Crippen molar-refractivity contribution in [2.75, 3.05) is 44.7 Å². The van der Waals surface area contributed by atoms with Gasteiger partial charge in [-0.15, -0.1) is 0 Å². The van der Waals surface area contributed by atoms with Crippen LogP contribution in [0.1, 0.15) is 113 Å². The quantitative estimate of drug-likeness (QED) is 0.0181. The molecule has 0 spiro atoms. The van der Waals surface area contributed by atoms with E-state index in [1.54, 1.807) is 7.05 Å². The summed E-state index contributed by atoms with van der Waals surface area (Å²) in [6, 6.07) is 8.14. The number of fused-ring (bicyclic) bond motifs is 4. The summed E-state index contributed by atoms with van der Waals surface area (Å²) in [5.41, 5.74) is 3.43. The van der Waals surface area contributed by atoms with Crippen LogP contribution < -0.4 is 41.4 Å². The Morgan fingerprint density at radius 1 is 0.869 bits per heavy atom. The highest BCUT2D eigenvalue weighted by molar-refractivity contribution is 7.66. The van der Waals surface area contributed by atoms with Crippen LogP contribution in [0, 0.1) is 0 Å². The van der Waals surface area contributed by atoms with Gasteiger partial charge in [0, 0.05) is 97.9 Å². The summed E-state index contributed by atoms with van der Waals surface area (Å²) in [4.78, 5) is 96.3. The van der Waals surface area contributed by atoms with E-state index in [0.29, 0.717) is 45.5 Å². The number of nitrogens with one attached hydrogen (secondary N) is 2. The van der Waals surface area contributed by atoms with Crippen molar-refractivity contribution in [1.29, 1.82) is 0 Å². The van der Waals surface area contributed by atoms with E-state index in [4.69, 9.17) is 65.7 Å². The number of aromatic nitrogens is 2.